The van der Waals surface area contributed by atoms with Crippen LogP contribution in [0.25, 0.3) is 0 Å². The number of benzene rings is 1. The minimum atomic E-state index is -0.354. The Labute approximate surface area is 129 Å². The molecule has 0 aromatic heterocycles. The first-order chi connectivity index (χ1) is 10.1. The maximum absolute atomic E-state index is 10.2. The molecule has 1 heterocycles. The highest BCUT2D eigenvalue weighted by molar-refractivity contribution is 5.55. The number of hydrogen-bond acceptors (Lipinski definition) is 4. The molecule has 1 fully saturated rings. The summed E-state index contributed by atoms with van der Waals surface area (Å²) in [4.78, 5) is 7.18. The molecule has 2 rings (SSSR count). The first kappa shape index (κ1) is 16.3. The Morgan fingerprint density at radius 3 is 2.43 bits per heavy atom. The maximum atomic E-state index is 10.2. The van der Waals surface area contributed by atoms with E-state index in [4.69, 9.17) is 0 Å². The van der Waals surface area contributed by atoms with Gasteiger partial charge in [0, 0.05) is 50.5 Å². The van der Waals surface area contributed by atoms with E-state index in [-0.39, 0.29) is 6.10 Å². The van der Waals surface area contributed by atoms with Gasteiger partial charge < -0.3 is 14.9 Å². The summed E-state index contributed by atoms with van der Waals surface area (Å²) in [6, 6.07) is 8.29. The quantitative estimate of drug-likeness (QED) is 0.866. The summed E-state index contributed by atoms with van der Waals surface area (Å²) in [6.45, 7) is 8.57. The van der Waals surface area contributed by atoms with Gasteiger partial charge in [0.2, 0.25) is 0 Å². The number of nitrogens with zero attached hydrogens (tertiary/aromatic N) is 3. The number of rotatable bonds is 6. The number of piperazine rings is 1. The molecule has 0 radical (unpaired) electrons. The van der Waals surface area contributed by atoms with Crippen molar-refractivity contribution in [3.05, 3.63) is 29.8 Å². The second-order valence-electron chi connectivity index (χ2n) is 6.11. The summed E-state index contributed by atoms with van der Waals surface area (Å²) in [7, 11) is 4.25. The van der Waals surface area contributed by atoms with Crippen molar-refractivity contribution in [2.45, 2.75) is 19.4 Å². The SMILES string of the molecule is CC[C@H](O)c1ccccc1N1CCN(CCN(C)C)CC1. The van der Waals surface area contributed by atoms with Crippen LogP contribution in [0.2, 0.25) is 0 Å². The molecule has 4 nitrogen and oxygen atoms in total. The molecule has 0 amide bonds. The number of anilines is 1. The monoisotopic (exact) mass is 291 g/mol. The van der Waals surface area contributed by atoms with Crippen molar-refractivity contribution < 1.29 is 5.11 Å². The van der Waals surface area contributed by atoms with E-state index < -0.39 is 0 Å². The van der Waals surface area contributed by atoms with Crippen LogP contribution in [-0.2, 0) is 0 Å². The third kappa shape index (κ3) is 4.43. The average molecular weight is 291 g/mol. The van der Waals surface area contributed by atoms with Crippen molar-refractivity contribution >= 4 is 5.69 Å². The van der Waals surface area contributed by atoms with Gasteiger partial charge in [-0.15, -0.1) is 0 Å². The molecule has 1 N–H and O–H groups in total. The van der Waals surface area contributed by atoms with E-state index in [2.05, 4.69) is 47.0 Å². The van der Waals surface area contributed by atoms with Gasteiger partial charge in [-0.1, -0.05) is 25.1 Å². The highest BCUT2D eigenvalue weighted by Crippen LogP contribution is 2.28. The van der Waals surface area contributed by atoms with Crippen molar-refractivity contribution in [1.29, 1.82) is 0 Å². The predicted molar refractivity (Wildman–Crippen MR) is 88.9 cm³/mol. The van der Waals surface area contributed by atoms with Gasteiger partial charge in [0.1, 0.15) is 0 Å². The largest absolute Gasteiger partial charge is 0.388 e. The van der Waals surface area contributed by atoms with Gasteiger partial charge in [0.25, 0.3) is 0 Å². The zero-order valence-electron chi connectivity index (χ0n) is 13.6. The lowest BCUT2D eigenvalue weighted by atomic mass is 10.0. The molecule has 0 aliphatic carbocycles. The second kappa shape index (κ2) is 7.78. The van der Waals surface area contributed by atoms with Crippen molar-refractivity contribution in [1.82, 2.24) is 9.80 Å². The summed E-state index contributed by atoms with van der Waals surface area (Å²) in [5.74, 6) is 0. The summed E-state index contributed by atoms with van der Waals surface area (Å²) < 4.78 is 0. The van der Waals surface area contributed by atoms with Crippen molar-refractivity contribution in [2.24, 2.45) is 0 Å². The molecular weight excluding hydrogens is 262 g/mol. The summed E-state index contributed by atoms with van der Waals surface area (Å²) in [5, 5.41) is 10.2. The first-order valence-corrected chi connectivity index (χ1v) is 8.00. The molecule has 1 aromatic carbocycles. The highest BCUT2D eigenvalue weighted by atomic mass is 16.3. The lowest BCUT2D eigenvalue weighted by Gasteiger charge is -2.37. The second-order valence-corrected chi connectivity index (χ2v) is 6.11. The molecule has 1 aliphatic heterocycles. The highest BCUT2D eigenvalue weighted by Gasteiger charge is 2.20. The Hall–Kier alpha value is -1.10. The van der Waals surface area contributed by atoms with Crippen molar-refractivity contribution in [3.8, 4) is 0 Å². The predicted octanol–water partition coefficient (Wildman–Crippen LogP) is 1.81. The van der Waals surface area contributed by atoms with Crippen LogP contribution in [-0.4, -0.2) is 68.3 Å². The molecule has 0 saturated carbocycles. The standard InChI is InChI=1S/C17H29N3O/c1-4-17(21)15-7-5-6-8-16(15)20-13-11-19(12-14-20)10-9-18(2)3/h5-8,17,21H,4,9-14H2,1-3H3/t17-/m0/s1. The fourth-order valence-corrected chi connectivity index (χ4v) is 2.83. The number of aliphatic hydroxyl groups excluding tert-OH is 1. The third-order valence-electron chi connectivity index (χ3n) is 4.26. The number of hydrogen-bond donors (Lipinski definition) is 1. The zero-order chi connectivity index (χ0) is 15.2. The summed E-state index contributed by atoms with van der Waals surface area (Å²) in [6.07, 6.45) is 0.410. The van der Waals surface area contributed by atoms with Gasteiger partial charge in [-0.25, -0.2) is 0 Å². The fourth-order valence-electron chi connectivity index (χ4n) is 2.83. The Balaban J connectivity index is 1.96. The van der Waals surface area contributed by atoms with Gasteiger partial charge in [-0.2, -0.15) is 0 Å². The van der Waals surface area contributed by atoms with Gasteiger partial charge >= 0.3 is 0 Å². The molecule has 1 saturated heterocycles. The van der Waals surface area contributed by atoms with E-state index >= 15 is 0 Å². The lowest BCUT2D eigenvalue weighted by molar-refractivity contribution is 0.173. The van der Waals surface area contributed by atoms with Crippen molar-refractivity contribution in [2.75, 3.05) is 58.3 Å². The number of likely N-dealkylation sites (N-methyl/N-ethyl adjacent to an activating group) is 1. The number of aliphatic hydroxyl groups is 1. The van der Waals surface area contributed by atoms with Crippen LogP contribution < -0.4 is 4.90 Å². The van der Waals surface area contributed by atoms with E-state index in [0.29, 0.717) is 0 Å². The fraction of sp³-hybridized carbons (Fsp3) is 0.647. The maximum Gasteiger partial charge on any atom is 0.0807 e. The minimum Gasteiger partial charge on any atom is -0.388 e. The van der Waals surface area contributed by atoms with Crippen LogP contribution in [0.1, 0.15) is 25.0 Å². The van der Waals surface area contributed by atoms with Crippen LogP contribution >= 0.6 is 0 Å². The molecule has 0 spiro atoms. The Kier molecular flexibility index (Phi) is 6.03. The molecule has 4 heteroatoms. The smallest absolute Gasteiger partial charge is 0.0807 e. The van der Waals surface area contributed by atoms with Gasteiger partial charge in [-0.3, -0.25) is 4.90 Å². The van der Waals surface area contributed by atoms with E-state index in [1.54, 1.807) is 0 Å². The third-order valence-corrected chi connectivity index (χ3v) is 4.26. The lowest BCUT2D eigenvalue weighted by Crippen LogP contribution is -2.48. The molecule has 1 aliphatic rings. The zero-order valence-corrected chi connectivity index (χ0v) is 13.6. The molecule has 0 bridgehead atoms. The van der Waals surface area contributed by atoms with Gasteiger partial charge in [0.05, 0.1) is 6.10 Å². The molecular formula is C17H29N3O. The molecule has 1 atom stereocenters. The minimum absolute atomic E-state index is 0.354. The van der Waals surface area contributed by atoms with Crippen LogP contribution in [0, 0.1) is 0 Å². The topological polar surface area (TPSA) is 30.0 Å². The Bertz CT molecular complexity index is 428. The van der Waals surface area contributed by atoms with E-state index in [0.717, 1.165) is 51.3 Å². The first-order valence-electron chi connectivity index (χ1n) is 8.00. The van der Waals surface area contributed by atoms with Crippen molar-refractivity contribution in [3.63, 3.8) is 0 Å². The molecule has 118 valence electrons. The van der Waals surface area contributed by atoms with Crippen LogP contribution in [0.15, 0.2) is 24.3 Å². The van der Waals surface area contributed by atoms with Gasteiger partial charge in [0.15, 0.2) is 0 Å². The van der Waals surface area contributed by atoms with Crippen LogP contribution in [0.3, 0.4) is 0 Å². The van der Waals surface area contributed by atoms with E-state index in [9.17, 15) is 5.11 Å². The Morgan fingerprint density at radius 1 is 1.14 bits per heavy atom. The van der Waals surface area contributed by atoms with Crippen LogP contribution in [0.5, 0.6) is 0 Å². The summed E-state index contributed by atoms with van der Waals surface area (Å²) >= 11 is 0. The van der Waals surface area contributed by atoms with E-state index in [1.807, 2.05) is 13.0 Å². The van der Waals surface area contributed by atoms with Gasteiger partial charge in [-0.05, 0) is 26.6 Å². The average Bonchev–Trinajstić information content (AvgIpc) is 2.52. The summed E-state index contributed by atoms with van der Waals surface area (Å²) in [5.41, 5.74) is 2.28. The number of para-hydroxylation sites is 1. The molecule has 0 unspecified atom stereocenters. The Morgan fingerprint density at radius 2 is 1.81 bits per heavy atom. The molecule has 1 aromatic rings. The normalized spacial score (nSPS) is 18.2. The van der Waals surface area contributed by atoms with Crippen LogP contribution in [0.4, 0.5) is 5.69 Å². The van der Waals surface area contributed by atoms with E-state index in [1.165, 1.54) is 5.69 Å². The molecule has 21 heavy (non-hydrogen) atoms.